The molecule has 12 nitrogen and oxygen atoms in total. The largest absolute Gasteiger partial charge is 0.350 e. The van der Waals surface area contributed by atoms with Crippen molar-refractivity contribution >= 4 is 63.9 Å². The van der Waals surface area contributed by atoms with Gasteiger partial charge in [-0.1, -0.05) is 36.4 Å². The van der Waals surface area contributed by atoms with Crippen LogP contribution in [0.15, 0.2) is 102 Å². The molecule has 4 aromatic carbocycles. The highest BCUT2D eigenvalue weighted by atomic mass is 32.2. The highest BCUT2D eigenvalue weighted by molar-refractivity contribution is 8.01. The molecular formula is C34H28N6O6S2. The van der Waals surface area contributed by atoms with E-state index in [4.69, 9.17) is 4.99 Å². The maximum atomic E-state index is 12.9. The predicted octanol–water partition coefficient (Wildman–Crippen LogP) is 6.32. The van der Waals surface area contributed by atoms with Crippen LogP contribution in [-0.4, -0.2) is 57.0 Å². The van der Waals surface area contributed by atoms with Gasteiger partial charge in [0.1, 0.15) is 16.6 Å². The van der Waals surface area contributed by atoms with E-state index in [1.54, 1.807) is 28.0 Å². The van der Waals surface area contributed by atoms with Crippen LogP contribution >= 0.6 is 23.5 Å². The molecule has 242 valence electrons. The lowest BCUT2D eigenvalue weighted by Crippen LogP contribution is -2.29. The Morgan fingerprint density at radius 3 is 1.71 bits per heavy atom. The van der Waals surface area contributed by atoms with E-state index < -0.39 is 9.85 Å². The van der Waals surface area contributed by atoms with E-state index >= 15 is 0 Å². The molecule has 3 aliphatic rings. The highest BCUT2D eigenvalue weighted by Gasteiger charge is 2.36. The number of hydrogen-bond acceptors (Lipinski definition) is 10. The molecule has 3 heterocycles. The summed E-state index contributed by atoms with van der Waals surface area (Å²) in [5.74, 6) is 1.32. The average molecular weight is 681 g/mol. The smallest absolute Gasteiger partial charge is 0.269 e. The number of amides is 2. The molecule has 7 rings (SSSR count). The van der Waals surface area contributed by atoms with E-state index in [0.717, 1.165) is 29.2 Å². The number of nitro benzene ring substituents is 2. The van der Waals surface area contributed by atoms with E-state index in [0.29, 0.717) is 35.7 Å². The summed E-state index contributed by atoms with van der Waals surface area (Å²) in [7, 11) is 0. The van der Waals surface area contributed by atoms with Crippen LogP contribution in [-0.2, 0) is 16.1 Å². The molecular weight excluding hydrogens is 653 g/mol. The number of rotatable bonds is 9. The lowest BCUT2D eigenvalue weighted by atomic mass is 10.1. The van der Waals surface area contributed by atoms with E-state index in [1.807, 2.05) is 54.6 Å². The molecule has 3 aliphatic heterocycles. The summed E-state index contributed by atoms with van der Waals surface area (Å²) in [6.07, 6.45) is 0. The fourth-order valence-corrected chi connectivity index (χ4v) is 8.48. The monoisotopic (exact) mass is 680 g/mol. The van der Waals surface area contributed by atoms with Gasteiger partial charge in [-0.2, -0.15) is 0 Å². The lowest BCUT2D eigenvalue weighted by molar-refractivity contribution is -0.385. The summed E-state index contributed by atoms with van der Waals surface area (Å²) >= 11 is 2.89. The number of thioether (sulfide) groups is 2. The summed E-state index contributed by atoms with van der Waals surface area (Å²) in [6.45, 7) is 1.99. The molecule has 2 saturated heterocycles. The summed E-state index contributed by atoms with van der Waals surface area (Å²) in [5.41, 5.74) is 4.79. The van der Waals surface area contributed by atoms with Crippen molar-refractivity contribution in [2.75, 3.05) is 34.4 Å². The molecule has 0 N–H and O–H groups in total. The minimum absolute atomic E-state index is 0.00585. The van der Waals surface area contributed by atoms with Gasteiger partial charge in [-0.3, -0.25) is 44.6 Å². The number of nitro groups is 2. The second-order valence-electron chi connectivity index (χ2n) is 11.4. The van der Waals surface area contributed by atoms with Crippen LogP contribution in [0.25, 0.3) is 0 Å². The molecule has 2 atom stereocenters. The van der Waals surface area contributed by atoms with Crippen molar-refractivity contribution in [1.82, 2.24) is 4.90 Å². The molecule has 2 amide bonds. The van der Waals surface area contributed by atoms with Crippen molar-refractivity contribution in [3.63, 3.8) is 0 Å². The summed E-state index contributed by atoms with van der Waals surface area (Å²) in [4.78, 5) is 57.9. The Bertz CT molecular complexity index is 1950. The van der Waals surface area contributed by atoms with Crippen molar-refractivity contribution in [1.29, 1.82) is 0 Å². The molecule has 0 aromatic heterocycles. The number of nitrogens with zero attached hydrogens (tertiary/aromatic N) is 6. The molecule has 4 aromatic rings. The second-order valence-corrected chi connectivity index (χ2v) is 13.5. The van der Waals surface area contributed by atoms with Crippen molar-refractivity contribution in [3.05, 3.63) is 140 Å². The Morgan fingerprint density at radius 1 is 0.708 bits per heavy atom. The number of benzene rings is 4. The highest BCUT2D eigenvalue weighted by Crippen LogP contribution is 2.44. The van der Waals surface area contributed by atoms with Crippen LogP contribution in [0.5, 0.6) is 0 Å². The SMILES string of the molecule is O=C1CSC(c2cccc([N+](=O)[O-])c2)N1c1ccc(CN2CCN=C2c2ccc(N3C(=O)CSC3c3cccc([N+](=O)[O-])c3)cc2)cc1. The first-order valence-electron chi connectivity index (χ1n) is 15.1. The van der Waals surface area contributed by atoms with Gasteiger partial charge in [-0.15, -0.1) is 23.5 Å². The Balaban J connectivity index is 1.05. The molecule has 0 aliphatic carbocycles. The minimum atomic E-state index is -0.432. The molecule has 0 spiro atoms. The predicted molar refractivity (Wildman–Crippen MR) is 186 cm³/mol. The summed E-state index contributed by atoms with van der Waals surface area (Å²) < 4.78 is 0. The van der Waals surface area contributed by atoms with E-state index in [2.05, 4.69) is 4.90 Å². The molecule has 14 heteroatoms. The van der Waals surface area contributed by atoms with Gasteiger partial charge >= 0.3 is 0 Å². The fourth-order valence-electron chi connectivity index (χ4n) is 6.15. The van der Waals surface area contributed by atoms with Gasteiger partial charge in [0.25, 0.3) is 11.4 Å². The average Bonchev–Trinajstić information content (AvgIpc) is 3.83. The molecule has 2 fully saturated rings. The lowest BCUT2D eigenvalue weighted by Gasteiger charge is -2.26. The topological polar surface area (TPSA) is 142 Å². The first-order valence-corrected chi connectivity index (χ1v) is 17.2. The Labute approximate surface area is 283 Å². The zero-order valence-electron chi connectivity index (χ0n) is 25.4. The van der Waals surface area contributed by atoms with Gasteiger partial charge in [0, 0.05) is 54.3 Å². The van der Waals surface area contributed by atoms with Gasteiger partial charge in [0.2, 0.25) is 11.8 Å². The van der Waals surface area contributed by atoms with Gasteiger partial charge in [-0.25, -0.2) is 0 Å². The quantitative estimate of drug-likeness (QED) is 0.147. The number of amidine groups is 1. The van der Waals surface area contributed by atoms with Gasteiger partial charge < -0.3 is 4.90 Å². The van der Waals surface area contributed by atoms with Crippen molar-refractivity contribution in [2.24, 2.45) is 4.99 Å². The molecule has 0 radical (unpaired) electrons. The third kappa shape index (κ3) is 6.11. The number of non-ortho nitro benzene ring substituents is 2. The maximum absolute atomic E-state index is 12.9. The van der Waals surface area contributed by atoms with E-state index in [9.17, 15) is 29.8 Å². The van der Waals surface area contributed by atoms with Crippen molar-refractivity contribution in [2.45, 2.75) is 17.3 Å². The number of carbonyl (C=O) groups is 2. The normalized spacial score (nSPS) is 19.2. The third-order valence-electron chi connectivity index (χ3n) is 8.39. The standard InChI is InChI=1S/C34H28N6O6S2/c41-30-20-47-33(24-3-1-5-28(17-24)39(43)44)37(30)26-11-7-22(8-12-26)19-36-16-15-35-32(36)23-9-13-27(14-10-23)38-31(42)21-48-34(38)25-4-2-6-29(18-25)40(45)46/h1-14,17-18,33-34H,15-16,19-21H2. The van der Waals surface area contributed by atoms with Crippen LogP contribution in [0.3, 0.4) is 0 Å². The van der Waals surface area contributed by atoms with E-state index in [1.165, 1.54) is 47.8 Å². The number of hydrogen-bond donors (Lipinski definition) is 0. The molecule has 0 bridgehead atoms. The summed E-state index contributed by atoms with van der Waals surface area (Å²) in [5, 5.41) is 21.9. The zero-order chi connectivity index (χ0) is 33.4. The Kier molecular flexibility index (Phi) is 8.58. The Morgan fingerprint density at radius 2 is 1.21 bits per heavy atom. The van der Waals surface area contributed by atoms with Gasteiger partial charge in [-0.05, 0) is 53.1 Å². The zero-order valence-corrected chi connectivity index (χ0v) is 27.0. The van der Waals surface area contributed by atoms with Gasteiger partial charge in [0.05, 0.1) is 27.9 Å². The third-order valence-corrected chi connectivity index (χ3v) is 10.8. The van der Waals surface area contributed by atoms with Crippen LogP contribution in [0, 0.1) is 20.2 Å². The van der Waals surface area contributed by atoms with Crippen LogP contribution in [0.1, 0.15) is 33.0 Å². The minimum Gasteiger partial charge on any atom is -0.350 e. The number of aliphatic imine (C=N–C) groups is 1. The summed E-state index contributed by atoms with van der Waals surface area (Å²) in [6, 6.07) is 28.3. The maximum Gasteiger partial charge on any atom is 0.269 e. The fraction of sp³-hybridized carbons (Fsp3) is 0.206. The molecule has 48 heavy (non-hydrogen) atoms. The first-order chi connectivity index (χ1) is 23.3. The molecule has 2 unspecified atom stereocenters. The van der Waals surface area contributed by atoms with E-state index in [-0.39, 0.29) is 39.7 Å². The van der Waals surface area contributed by atoms with Crippen LogP contribution < -0.4 is 9.80 Å². The van der Waals surface area contributed by atoms with Gasteiger partial charge in [0.15, 0.2) is 0 Å². The first kappa shape index (κ1) is 31.4. The van der Waals surface area contributed by atoms with Crippen molar-refractivity contribution < 1.29 is 19.4 Å². The van der Waals surface area contributed by atoms with Crippen LogP contribution in [0.4, 0.5) is 22.7 Å². The van der Waals surface area contributed by atoms with Crippen molar-refractivity contribution in [3.8, 4) is 0 Å². The Hall–Kier alpha value is -5.21. The number of carbonyl (C=O) groups excluding carboxylic acids is 2. The number of anilines is 2. The van der Waals surface area contributed by atoms with Crippen LogP contribution in [0.2, 0.25) is 0 Å². The second kappa shape index (κ2) is 13.1. The molecule has 0 saturated carbocycles.